The summed E-state index contributed by atoms with van der Waals surface area (Å²) in [6, 6.07) is 9.96. The third-order valence-electron chi connectivity index (χ3n) is 3.82. The summed E-state index contributed by atoms with van der Waals surface area (Å²) in [7, 11) is 0. The third kappa shape index (κ3) is 2.73. The van der Waals surface area contributed by atoms with E-state index < -0.39 is 0 Å². The van der Waals surface area contributed by atoms with Gasteiger partial charge in [-0.2, -0.15) is 4.98 Å². The lowest BCUT2D eigenvalue weighted by Gasteiger charge is -2.31. The van der Waals surface area contributed by atoms with Gasteiger partial charge in [-0.05, 0) is 17.5 Å². The fraction of sp³-hybridized carbons (Fsp3) is 0.312. The van der Waals surface area contributed by atoms with E-state index in [1.165, 1.54) is 11.3 Å². The SMILES string of the molecule is Cc1nc(C2CN(C(=O)c3cc4ccccc4s3)CCO2)no1. The molecule has 3 aromatic rings. The predicted octanol–water partition coefficient (Wildman–Crippen LogP) is 2.81. The van der Waals surface area contributed by atoms with Crippen molar-refractivity contribution >= 4 is 27.3 Å². The minimum Gasteiger partial charge on any atom is -0.366 e. The molecule has 1 fully saturated rings. The van der Waals surface area contributed by atoms with Crippen LogP contribution in [0, 0.1) is 6.92 Å². The smallest absolute Gasteiger partial charge is 0.264 e. The molecule has 0 aliphatic carbocycles. The second kappa shape index (κ2) is 5.75. The van der Waals surface area contributed by atoms with E-state index in [1.54, 1.807) is 11.8 Å². The van der Waals surface area contributed by atoms with Crippen molar-refractivity contribution in [2.24, 2.45) is 0 Å². The molecule has 1 aromatic carbocycles. The standard InChI is InChI=1S/C16H15N3O3S/c1-10-17-15(18-22-10)12-9-19(6-7-21-12)16(20)14-8-11-4-2-3-5-13(11)23-14/h2-5,8,12H,6-7,9H2,1H3. The summed E-state index contributed by atoms with van der Waals surface area (Å²) in [4.78, 5) is 19.5. The molecule has 118 valence electrons. The number of aromatic nitrogens is 2. The van der Waals surface area contributed by atoms with Gasteiger partial charge in [-0.1, -0.05) is 23.4 Å². The number of hydrogen-bond donors (Lipinski definition) is 0. The lowest BCUT2D eigenvalue weighted by Crippen LogP contribution is -2.42. The highest BCUT2D eigenvalue weighted by Gasteiger charge is 2.29. The predicted molar refractivity (Wildman–Crippen MR) is 85.5 cm³/mol. The quantitative estimate of drug-likeness (QED) is 0.723. The van der Waals surface area contributed by atoms with Gasteiger partial charge in [-0.25, -0.2) is 0 Å². The van der Waals surface area contributed by atoms with E-state index in [-0.39, 0.29) is 12.0 Å². The van der Waals surface area contributed by atoms with E-state index in [0.717, 1.165) is 15.0 Å². The molecule has 1 saturated heterocycles. The maximum atomic E-state index is 12.8. The zero-order valence-corrected chi connectivity index (χ0v) is 13.4. The molecule has 0 radical (unpaired) electrons. The van der Waals surface area contributed by atoms with Crippen molar-refractivity contribution in [3.8, 4) is 0 Å². The monoisotopic (exact) mass is 329 g/mol. The number of thiophene rings is 1. The van der Waals surface area contributed by atoms with Crippen molar-refractivity contribution in [3.05, 3.63) is 46.9 Å². The second-order valence-electron chi connectivity index (χ2n) is 5.43. The molecule has 1 aliphatic rings. The Morgan fingerprint density at radius 3 is 3.04 bits per heavy atom. The number of amides is 1. The topological polar surface area (TPSA) is 68.5 Å². The molecule has 7 heteroatoms. The maximum absolute atomic E-state index is 12.8. The van der Waals surface area contributed by atoms with Crippen LogP contribution in [0.15, 0.2) is 34.9 Å². The average molecular weight is 329 g/mol. The van der Waals surface area contributed by atoms with Crippen molar-refractivity contribution in [2.75, 3.05) is 19.7 Å². The van der Waals surface area contributed by atoms with Crippen LogP contribution >= 0.6 is 11.3 Å². The van der Waals surface area contributed by atoms with Gasteiger partial charge in [-0.3, -0.25) is 4.79 Å². The first kappa shape index (κ1) is 14.3. The van der Waals surface area contributed by atoms with Gasteiger partial charge in [0.05, 0.1) is 18.0 Å². The van der Waals surface area contributed by atoms with Gasteiger partial charge in [0.2, 0.25) is 11.7 Å². The minimum atomic E-state index is -0.334. The molecule has 6 nitrogen and oxygen atoms in total. The van der Waals surface area contributed by atoms with Crippen molar-refractivity contribution in [1.82, 2.24) is 15.0 Å². The summed E-state index contributed by atoms with van der Waals surface area (Å²) in [6.45, 7) is 3.21. The first-order chi connectivity index (χ1) is 11.2. The molecular weight excluding hydrogens is 314 g/mol. The van der Waals surface area contributed by atoms with Gasteiger partial charge in [0.25, 0.3) is 5.91 Å². The highest BCUT2D eigenvalue weighted by atomic mass is 32.1. The molecule has 4 rings (SSSR count). The van der Waals surface area contributed by atoms with Gasteiger partial charge in [0, 0.05) is 18.2 Å². The normalized spacial score (nSPS) is 18.5. The van der Waals surface area contributed by atoms with Crippen LogP contribution in [0.3, 0.4) is 0 Å². The fourth-order valence-corrected chi connectivity index (χ4v) is 3.71. The summed E-state index contributed by atoms with van der Waals surface area (Å²) < 4.78 is 11.8. The summed E-state index contributed by atoms with van der Waals surface area (Å²) in [5.41, 5.74) is 0. The Labute approximate surface area is 136 Å². The molecule has 3 heterocycles. The van der Waals surface area contributed by atoms with E-state index >= 15 is 0 Å². The van der Waals surface area contributed by atoms with E-state index in [0.29, 0.717) is 31.4 Å². The van der Waals surface area contributed by atoms with Crippen molar-refractivity contribution < 1.29 is 14.1 Å². The van der Waals surface area contributed by atoms with Crippen molar-refractivity contribution in [1.29, 1.82) is 0 Å². The Kier molecular flexibility index (Phi) is 3.59. The van der Waals surface area contributed by atoms with Crippen LogP contribution < -0.4 is 0 Å². The largest absolute Gasteiger partial charge is 0.366 e. The van der Waals surface area contributed by atoms with Gasteiger partial charge < -0.3 is 14.2 Å². The van der Waals surface area contributed by atoms with Crippen LogP contribution in [0.4, 0.5) is 0 Å². The van der Waals surface area contributed by atoms with Crippen molar-refractivity contribution in [2.45, 2.75) is 13.0 Å². The third-order valence-corrected chi connectivity index (χ3v) is 4.93. The minimum absolute atomic E-state index is 0.0275. The van der Waals surface area contributed by atoms with E-state index in [1.807, 2.05) is 30.3 Å². The number of hydrogen-bond acceptors (Lipinski definition) is 6. The summed E-state index contributed by atoms with van der Waals surface area (Å²) >= 11 is 1.52. The Morgan fingerprint density at radius 1 is 1.39 bits per heavy atom. The molecule has 0 bridgehead atoms. The molecule has 1 amide bonds. The van der Waals surface area contributed by atoms with Crippen LogP contribution in [0.5, 0.6) is 0 Å². The zero-order chi connectivity index (χ0) is 15.8. The summed E-state index contributed by atoms with van der Waals surface area (Å²) in [6.07, 6.45) is -0.334. The molecular formula is C16H15N3O3S. The lowest BCUT2D eigenvalue weighted by atomic mass is 10.2. The number of morpholine rings is 1. The second-order valence-corrected chi connectivity index (χ2v) is 6.51. The molecule has 2 aromatic heterocycles. The van der Waals surface area contributed by atoms with Gasteiger partial charge in [0.1, 0.15) is 6.10 Å². The van der Waals surface area contributed by atoms with Crippen LogP contribution in [-0.2, 0) is 4.74 Å². The molecule has 0 saturated carbocycles. The number of fused-ring (bicyclic) bond motifs is 1. The molecule has 0 N–H and O–H groups in total. The zero-order valence-electron chi connectivity index (χ0n) is 12.6. The Bertz CT molecular complexity index is 824. The van der Waals surface area contributed by atoms with Crippen LogP contribution in [0.2, 0.25) is 0 Å². The summed E-state index contributed by atoms with van der Waals surface area (Å²) in [5, 5.41) is 4.99. The first-order valence-electron chi connectivity index (χ1n) is 7.40. The van der Waals surface area contributed by atoms with E-state index in [4.69, 9.17) is 9.26 Å². The number of carbonyl (C=O) groups excluding carboxylic acids is 1. The van der Waals surface area contributed by atoms with Gasteiger partial charge in [-0.15, -0.1) is 11.3 Å². The van der Waals surface area contributed by atoms with E-state index in [9.17, 15) is 4.79 Å². The lowest BCUT2D eigenvalue weighted by molar-refractivity contribution is -0.0274. The van der Waals surface area contributed by atoms with Crippen LogP contribution in [-0.4, -0.2) is 40.6 Å². The Hall–Kier alpha value is -2.25. The number of aryl methyl sites for hydroxylation is 1. The average Bonchev–Trinajstić information content (AvgIpc) is 3.20. The maximum Gasteiger partial charge on any atom is 0.264 e. The highest BCUT2D eigenvalue weighted by molar-refractivity contribution is 7.20. The Balaban J connectivity index is 1.55. The van der Waals surface area contributed by atoms with Gasteiger partial charge in [0.15, 0.2) is 0 Å². The number of ether oxygens (including phenoxy) is 1. The molecule has 0 spiro atoms. The molecule has 23 heavy (non-hydrogen) atoms. The number of rotatable bonds is 2. The molecule has 1 atom stereocenters. The number of benzene rings is 1. The Morgan fingerprint density at radius 2 is 2.26 bits per heavy atom. The summed E-state index contributed by atoms with van der Waals surface area (Å²) in [5.74, 6) is 1.02. The van der Waals surface area contributed by atoms with Crippen LogP contribution in [0.25, 0.3) is 10.1 Å². The number of carbonyl (C=O) groups is 1. The van der Waals surface area contributed by atoms with Gasteiger partial charge >= 0.3 is 0 Å². The molecule has 1 unspecified atom stereocenters. The fourth-order valence-electron chi connectivity index (χ4n) is 2.68. The van der Waals surface area contributed by atoms with Crippen molar-refractivity contribution in [3.63, 3.8) is 0 Å². The van der Waals surface area contributed by atoms with Crippen LogP contribution in [0.1, 0.15) is 27.5 Å². The first-order valence-corrected chi connectivity index (χ1v) is 8.22. The van der Waals surface area contributed by atoms with E-state index in [2.05, 4.69) is 10.1 Å². The molecule has 1 aliphatic heterocycles. The highest BCUT2D eigenvalue weighted by Crippen LogP contribution is 2.28. The number of nitrogens with zero attached hydrogens (tertiary/aromatic N) is 3.